The van der Waals surface area contributed by atoms with Crippen molar-refractivity contribution in [2.75, 3.05) is 0 Å². The number of carboxylic acids is 1. The summed E-state index contributed by atoms with van der Waals surface area (Å²) in [6.45, 7) is 0. The molecule has 1 aromatic heterocycles. The number of pyridine rings is 1. The van der Waals surface area contributed by atoms with Gasteiger partial charge in [-0.25, -0.2) is 0 Å². The van der Waals surface area contributed by atoms with Gasteiger partial charge in [-0.15, -0.1) is 0 Å². The summed E-state index contributed by atoms with van der Waals surface area (Å²) in [6.07, 6.45) is 0. The summed E-state index contributed by atoms with van der Waals surface area (Å²) in [5.41, 5.74) is 3.14. The van der Waals surface area contributed by atoms with E-state index in [1.165, 1.54) is 0 Å². The highest BCUT2D eigenvalue weighted by molar-refractivity contribution is 6.49. The molecule has 0 saturated carbocycles. The number of hydrogen-bond acceptors (Lipinski definition) is 2. The third-order valence-electron chi connectivity index (χ3n) is 4.71. The maximum atomic E-state index is 12.0. The highest BCUT2D eigenvalue weighted by Crippen LogP contribution is 2.39. The molecule has 3 aromatic carbocycles. The van der Waals surface area contributed by atoms with Gasteiger partial charge in [0.25, 0.3) is 0 Å². The van der Waals surface area contributed by atoms with Crippen molar-refractivity contribution in [1.82, 2.24) is 0 Å². The van der Waals surface area contributed by atoms with Crippen LogP contribution in [0.3, 0.4) is 0 Å². The van der Waals surface area contributed by atoms with E-state index >= 15 is 0 Å². The van der Waals surface area contributed by atoms with Crippen molar-refractivity contribution >= 4 is 62.6 Å². The number of para-hydroxylation sites is 1. The smallest absolute Gasteiger partial charge is 0.213 e. The van der Waals surface area contributed by atoms with Crippen LogP contribution >= 0.6 is 34.8 Å². The number of halogens is 3. The van der Waals surface area contributed by atoms with E-state index in [2.05, 4.69) is 0 Å². The predicted molar refractivity (Wildman–Crippen MR) is 107 cm³/mol. The first kappa shape index (κ1) is 18.1. The van der Waals surface area contributed by atoms with E-state index in [0.717, 1.165) is 16.6 Å². The van der Waals surface area contributed by atoms with Gasteiger partial charge in [-0.1, -0.05) is 53.0 Å². The number of aromatic carboxylic acids is 1. The van der Waals surface area contributed by atoms with E-state index < -0.39 is 5.97 Å². The molecule has 134 valence electrons. The van der Waals surface area contributed by atoms with Gasteiger partial charge in [-0.2, -0.15) is 4.57 Å². The average Bonchev–Trinajstić information content (AvgIpc) is 2.66. The molecule has 0 spiro atoms. The molecular formula is C21H12Cl3NO2. The van der Waals surface area contributed by atoms with Crippen LogP contribution in [0.1, 0.15) is 10.4 Å². The normalized spacial score (nSPS) is 11.3. The Morgan fingerprint density at radius 2 is 1.59 bits per heavy atom. The van der Waals surface area contributed by atoms with E-state index in [4.69, 9.17) is 34.8 Å². The van der Waals surface area contributed by atoms with Crippen molar-refractivity contribution in [3.8, 4) is 11.1 Å². The summed E-state index contributed by atoms with van der Waals surface area (Å²) in [4.78, 5) is 12.0. The first-order chi connectivity index (χ1) is 12.9. The molecule has 0 bridgehead atoms. The Kier molecular flexibility index (Phi) is 4.47. The molecule has 0 fully saturated rings. The number of aromatic nitrogens is 1. The zero-order valence-corrected chi connectivity index (χ0v) is 16.4. The molecular weight excluding hydrogens is 405 g/mol. The van der Waals surface area contributed by atoms with Gasteiger partial charge in [0.15, 0.2) is 0 Å². The molecule has 6 heteroatoms. The topological polar surface area (TPSA) is 44.0 Å². The number of hydrogen-bond donors (Lipinski definition) is 0. The lowest BCUT2D eigenvalue weighted by molar-refractivity contribution is -0.617. The second-order valence-corrected chi connectivity index (χ2v) is 7.36. The van der Waals surface area contributed by atoms with Gasteiger partial charge in [0, 0.05) is 23.3 Å². The fraction of sp³-hybridized carbons (Fsp3) is 0.0476. The SMILES string of the molecule is C[n+]1c2ccccc2c(C(=O)[O-])c2cc(-c3ccc(Cl)c(Cl)c3Cl)ccc21. The molecule has 0 unspecified atom stereocenters. The number of carboxylic acid groups (broad SMARTS) is 1. The summed E-state index contributed by atoms with van der Waals surface area (Å²) in [6, 6.07) is 16.3. The maximum absolute atomic E-state index is 12.0. The Labute approximate surface area is 170 Å². The van der Waals surface area contributed by atoms with Gasteiger partial charge < -0.3 is 9.90 Å². The third-order valence-corrected chi connectivity index (χ3v) is 6.01. The van der Waals surface area contributed by atoms with E-state index in [1.807, 2.05) is 35.9 Å². The number of carbonyl (C=O) groups excluding carboxylic acids is 1. The molecule has 4 aromatic rings. The minimum Gasteiger partial charge on any atom is -0.545 e. The highest BCUT2D eigenvalue weighted by atomic mass is 35.5. The highest BCUT2D eigenvalue weighted by Gasteiger charge is 2.20. The van der Waals surface area contributed by atoms with Crippen molar-refractivity contribution in [1.29, 1.82) is 0 Å². The van der Waals surface area contributed by atoms with E-state index in [9.17, 15) is 9.90 Å². The van der Waals surface area contributed by atoms with Crippen molar-refractivity contribution in [3.63, 3.8) is 0 Å². The Bertz CT molecular complexity index is 1250. The monoisotopic (exact) mass is 415 g/mol. The Morgan fingerprint density at radius 3 is 2.33 bits per heavy atom. The third kappa shape index (κ3) is 2.83. The van der Waals surface area contributed by atoms with Crippen LogP contribution in [0.4, 0.5) is 0 Å². The van der Waals surface area contributed by atoms with E-state index in [-0.39, 0.29) is 10.6 Å². The quantitative estimate of drug-likeness (QED) is 0.267. The number of rotatable bonds is 2. The van der Waals surface area contributed by atoms with Gasteiger partial charge in [0.1, 0.15) is 7.05 Å². The van der Waals surface area contributed by atoms with Gasteiger partial charge >= 0.3 is 0 Å². The van der Waals surface area contributed by atoms with Crippen LogP contribution in [0.15, 0.2) is 54.6 Å². The molecule has 0 radical (unpaired) electrons. The van der Waals surface area contributed by atoms with Crippen molar-refractivity contribution in [2.45, 2.75) is 0 Å². The van der Waals surface area contributed by atoms with Gasteiger partial charge in [0.2, 0.25) is 11.0 Å². The van der Waals surface area contributed by atoms with E-state index in [1.54, 1.807) is 30.3 Å². The molecule has 27 heavy (non-hydrogen) atoms. The number of aryl methyl sites for hydroxylation is 1. The molecule has 0 saturated heterocycles. The lowest BCUT2D eigenvalue weighted by Crippen LogP contribution is -2.33. The number of fused-ring (bicyclic) bond motifs is 2. The largest absolute Gasteiger partial charge is 0.545 e. The second kappa shape index (κ2) is 6.68. The lowest BCUT2D eigenvalue weighted by atomic mass is 9.97. The predicted octanol–water partition coefficient (Wildman–Crippen LogP) is 4.81. The maximum Gasteiger partial charge on any atom is 0.213 e. The molecule has 1 heterocycles. The number of nitrogens with zero attached hydrogens (tertiary/aromatic N) is 1. The molecule has 0 aliphatic heterocycles. The first-order valence-electron chi connectivity index (χ1n) is 8.10. The average molecular weight is 417 g/mol. The lowest BCUT2D eigenvalue weighted by Gasteiger charge is -2.13. The number of benzene rings is 3. The minimum absolute atomic E-state index is 0.150. The standard InChI is InChI=1S/C21H12Cl3NO2/c1-25-16-5-3-2-4-13(16)18(21(26)27)14-10-11(6-9-17(14)25)12-7-8-15(22)20(24)19(12)23/h2-10H,1H3. The summed E-state index contributed by atoms with van der Waals surface area (Å²) in [5.74, 6) is -1.23. The van der Waals surface area contributed by atoms with Crippen molar-refractivity contribution in [2.24, 2.45) is 7.05 Å². The Hall–Kier alpha value is -2.33. The minimum atomic E-state index is -1.23. The summed E-state index contributed by atoms with van der Waals surface area (Å²) >= 11 is 18.5. The molecule has 4 rings (SSSR count). The molecule has 0 N–H and O–H groups in total. The van der Waals surface area contributed by atoms with E-state index in [0.29, 0.717) is 26.4 Å². The molecule has 0 atom stereocenters. The molecule has 0 aliphatic carbocycles. The zero-order chi connectivity index (χ0) is 19.3. The molecule has 0 amide bonds. The summed E-state index contributed by atoms with van der Waals surface area (Å²) in [5, 5.41) is 14.1. The first-order valence-corrected chi connectivity index (χ1v) is 9.23. The second-order valence-electron chi connectivity index (χ2n) is 6.19. The van der Waals surface area contributed by atoms with Crippen LogP contribution in [-0.4, -0.2) is 5.97 Å². The molecule has 3 nitrogen and oxygen atoms in total. The van der Waals surface area contributed by atoms with Gasteiger partial charge in [-0.3, -0.25) is 0 Å². The summed E-state index contributed by atoms with van der Waals surface area (Å²) in [7, 11) is 1.90. The van der Waals surface area contributed by atoms with Crippen LogP contribution in [0.2, 0.25) is 15.1 Å². The van der Waals surface area contributed by atoms with Crippen LogP contribution in [0.5, 0.6) is 0 Å². The Balaban J connectivity index is 2.11. The fourth-order valence-corrected chi connectivity index (χ4v) is 4.06. The van der Waals surface area contributed by atoms with Crippen LogP contribution in [0.25, 0.3) is 32.9 Å². The van der Waals surface area contributed by atoms with Crippen LogP contribution in [-0.2, 0) is 7.05 Å². The van der Waals surface area contributed by atoms with Crippen molar-refractivity contribution < 1.29 is 14.5 Å². The van der Waals surface area contributed by atoms with Gasteiger partial charge in [0.05, 0.1) is 31.8 Å². The van der Waals surface area contributed by atoms with Gasteiger partial charge in [-0.05, 0) is 29.8 Å². The van der Waals surface area contributed by atoms with Crippen LogP contribution in [0, 0.1) is 0 Å². The molecule has 0 aliphatic rings. The van der Waals surface area contributed by atoms with Crippen molar-refractivity contribution in [3.05, 3.63) is 75.2 Å². The Morgan fingerprint density at radius 1 is 0.889 bits per heavy atom. The van der Waals surface area contributed by atoms with Crippen LogP contribution < -0.4 is 9.67 Å². The zero-order valence-electron chi connectivity index (χ0n) is 14.1. The fourth-order valence-electron chi connectivity index (χ4n) is 3.42. The summed E-state index contributed by atoms with van der Waals surface area (Å²) < 4.78 is 1.96. The number of carbonyl (C=O) groups is 1.